The molecule has 3 rings (SSSR count). The number of aldehydes is 1. The first-order valence-corrected chi connectivity index (χ1v) is 7.63. The molecule has 1 heterocycles. The summed E-state index contributed by atoms with van der Waals surface area (Å²) in [4.78, 5) is 15.0. The van der Waals surface area contributed by atoms with Crippen molar-refractivity contribution in [2.75, 3.05) is 6.61 Å². The van der Waals surface area contributed by atoms with Crippen LogP contribution >= 0.6 is 0 Å². The van der Waals surface area contributed by atoms with E-state index in [9.17, 15) is 9.18 Å². The molecule has 0 aliphatic carbocycles. The number of rotatable bonds is 7. The summed E-state index contributed by atoms with van der Waals surface area (Å²) in [6.45, 7) is 2.24. The van der Waals surface area contributed by atoms with Crippen LogP contribution < -0.4 is 9.47 Å². The maximum atomic E-state index is 13.7. The van der Waals surface area contributed by atoms with Gasteiger partial charge in [-0.25, -0.2) is 4.39 Å². The van der Waals surface area contributed by atoms with Gasteiger partial charge in [-0.2, -0.15) is 4.98 Å². The van der Waals surface area contributed by atoms with Gasteiger partial charge in [0.15, 0.2) is 18.1 Å². The third-order valence-electron chi connectivity index (χ3n) is 3.34. The van der Waals surface area contributed by atoms with Crippen LogP contribution in [0.1, 0.15) is 23.2 Å². The highest BCUT2D eigenvalue weighted by atomic mass is 19.1. The standard InChI is InChI=1S/C18H15FN2O4/c1-2-23-16-9-12(10-22)7-8-15(16)24-11-17-20-18(21-25-17)13-5-3-4-6-14(13)19/h3-10H,2,11H2,1H3. The average Bonchev–Trinajstić information content (AvgIpc) is 3.10. The van der Waals surface area contributed by atoms with Gasteiger partial charge >= 0.3 is 0 Å². The first kappa shape index (κ1) is 16.6. The quantitative estimate of drug-likeness (QED) is 0.610. The van der Waals surface area contributed by atoms with Gasteiger partial charge in [-0.3, -0.25) is 4.79 Å². The summed E-state index contributed by atoms with van der Waals surface area (Å²) in [5.41, 5.74) is 0.735. The maximum Gasteiger partial charge on any atom is 0.264 e. The zero-order valence-electron chi connectivity index (χ0n) is 13.4. The SMILES string of the molecule is CCOc1cc(C=O)ccc1OCc1nc(-c2ccccc2F)no1. The molecule has 0 aliphatic heterocycles. The lowest BCUT2D eigenvalue weighted by Gasteiger charge is -2.10. The molecule has 6 nitrogen and oxygen atoms in total. The number of halogens is 1. The summed E-state index contributed by atoms with van der Waals surface area (Å²) in [6.07, 6.45) is 0.727. The summed E-state index contributed by atoms with van der Waals surface area (Å²) in [5, 5.41) is 3.76. The molecular weight excluding hydrogens is 327 g/mol. The fourth-order valence-electron chi connectivity index (χ4n) is 2.19. The van der Waals surface area contributed by atoms with Gasteiger partial charge < -0.3 is 14.0 Å². The third-order valence-corrected chi connectivity index (χ3v) is 3.34. The van der Waals surface area contributed by atoms with Crippen LogP contribution in [0.25, 0.3) is 11.4 Å². The average molecular weight is 342 g/mol. The van der Waals surface area contributed by atoms with Gasteiger partial charge in [0.05, 0.1) is 12.2 Å². The lowest BCUT2D eigenvalue weighted by molar-refractivity contribution is 0.112. The van der Waals surface area contributed by atoms with Crippen molar-refractivity contribution in [3.63, 3.8) is 0 Å². The first-order chi connectivity index (χ1) is 12.2. The number of carbonyl (C=O) groups is 1. The van der Waals surface area contributed by atoms with Crippen molar-refractivity contribution in [1.29, 1.82) is 0 Å². The van der Waals surface area contributed by atoms with Gasteiger partial charge in [0.1, 0.15) is 12.1 Å². The number of benzene rings is 2. The molecule has 0 spiro atoms. The van der Waals surface area contributed by atoms with Crippen molar-refractivity contribution >= 4 is 6.29 Å². The lowest BCUT2D eigenvalue weighted by atomic mass is 10.2. The second-order valence-corrected chi connectivity index (χ2v) is 5.04. The summed E-state index contributed by atoms with van der Waals surface area (Å²) in [6, 6.07) is 11.0. The molecule has 2 aromatic carbocycles. The van der Waals surface area contributed by atoms with Gasteiger partial charge in [0.25, 0.3) is 5.89 Å². The Morgan fingerprint density at radius 1 is 1.16 bits per heavy atom. The minimum atomic E-state index is -0.432. The third kappa shape index (κ3) is 3.82. The Balaban J connectivity index is 1.74. The number of nitrogens with zero attached hydrogens (tertiary/aromatic N) is 2. The van der Waals surface area contributed by atoms with Crippen LogP contribution in [0.3, 0.4) is 0 Å². The van der Waals surface area contributed by atoms with Crippen molar-refractivity contribution in [1.82, 2.24) is 10.1 Å². The molecule has 0 amide bonds. The molecule has 0 saturated heterocycles. The molecule has 0 fully saturated rings. The molecule has 128 valence electrons. The van der Waals surface area contributed by atoms with E-state index in [0.29, 0.717) is 23.7 Å². The van der Waals surface area contributed by atoms with E-state index in [-0.39, 0.29) is 23.9 Å². The largest absolute Gasteiger partial charge is 0.490 e. The summed E-state index contributed by atoms with van der Waals surface area (Å²) in [5.74, 6) is 0.802. The van der Waals surface area contributed by atoms with Crippen LogP contribution in [-0.4, -0.2) is 23.0 Å². The van der Waals surface area contributed by atoms with Crippen LogP contribution in [-0.2, 0) is 6.61 Å². The highest BCUT2D eigenvalue weighted by Crippen LogP contribution is 2.29. The van der Waals surface area contributed by atoms with Crippen LogP contribution in [0.2, 0.25) is 0 Å². The van der Waals surface area contributed by atoms with Gasteiger partial charge in [0.2, 0.25) is 5.82 Å². The second-order valence-electron chi connectivity index (χ2n) is 5.04. The van der Waals surface area contributed by atoms with Gasteiger partial charge in [-0.1, -0.05) is 17.3 Å². The Morgan fingerprint density at radius 2 is 2.00 bits per heavy atom. The molecule has 0 radical (unpaired) electrons. The van der Waals surface area contributed by atoms with E-state index in [4.69, 9.17) is 14.0 Å². The van der Waals surface area contributed by atoms with Crippen LogP contribution in [0.15, 0.2) is 47.0 Å². The smallest absolute Gasteiger partial charge is 0.264 e. The van der Waals surface area contributed by atoms with E-state index in [1.807, 2.05) is 6.92 Å². The van der Waals surface area contributed by atoms with Crippen molar-refractivity contribution in [2.45, 2.75) is 13.5 Å². The van der Waals surface area contributed by atoms with Crippen molar-refractivity contribution < 1.29 is 23.2 Å². The number of hydrogen-bond acceptors (Lipinski definition) is 6. The maximum absolute atomic E-state index is 13.7. The van der Waals surface area contributed by atoms with Gasteiger partial charge in [-0.05, 0) is 37.3 Å². The monoisotopic (exact) mass is 342 g/mol. The Hall–Kier alpha value is -3.22. The number of aromatic nitrogens is 2. The van der Waals surface area contributed by atoms with Crippen molar-refractivity contribution in [2.24, 2.45) is 0 Å². The molecule has 0 bridgehead atoms. The van der Waals surface area contributed by atoms with E-state index in [1.165, 1.54) is 6.07 Å². The minimum Gasteiger partial charge on any atom is -0.490 e. The Labute approximate surface area is 143 Å². The molecule has 0 atom stereocenters. The minimum absolute atomic E-state index is 0.0119. The zero-order valence-corrected chi connectivity index (χ0v) is 13.4. The predicted molar refractivity (Wildman–Crippen MR) is 87.0 cm³/mol. The van der Waals surface area contributed by atoms with E-state index >= 15 is 0 Å². The van der Waals surface area contributed by atoms with Crippen molar-refractivity contribution in [3.8, 4) is 22.9 Å². The number of ether oxygens (including phenoxy) is 2. The zero-order chi connectivity index (χ0) is 17.6. The van der Waals surface area contributed by atoms with E-state index in [2.05, 4.69) is 10.1 Å². The molecular formula is C18H15FN2O4. The Bertz CT molecular complexity index is 879. The molecule has 25 heavy (non-hydrogen) atoms. The van der Waals surface area contributed by atoms with Crippen molar-refractivity contribution in [3.05, 3.63) is 59.7 Å². The Morgan fingerprint density at radius 3 is 2.76 bits per heavy atom. The van der Waals surface area contributed by atoms with E-state index in [1.54, 1.807) is 36.4 Å². The summed E-state index contributed by atoms with van der Waals surface area (Å²) in [7, 11) is 0. The highest BCUT2D eigenvalue weighted by molar-refractivity contribution is 5.76. The predicted octanol–water partition coefficient (Wildman–Crippen LogP) is 3.67. The van der Waals surface area contributed by atoms with Gasteiger partial charge in [0, 0.05) is 5.56 Å². The highest BCUT2D eigenvalue weighted by Gasteiger charge is 2.14. The molecule has 7 heteroatoms. The molecule has 0 N–H and O–H groups in total. The molecule has 0 unspecified atom stereocenters. The second kappa shape index (κ2) is 7.57. The first-order valence-electron chi connectivity index (χ1n) is 7.63. The van der Waals surface area contributed by atoms with Gasteiger partial charge in [-0.15, -0.1) is 0 Å². The lowest BCUT2D eigenvalue weighted by Crippen LogP contribution is -2.00. The van der Waals surface area contributed by atoms with E-state index in [0.717, 1.165) is 6.29 Å². The topological polar surface area (TPSA) is 74.5 Å². The summed E-state index contributed by atoms with van der Waals surface area (Å²) < 4.78 is 29.9. The summed E-state index contributed by atoms with van der Waals surface area (Å²) >= 11 is 0. The fraction of sp³-hybridized carbons (Fsp3) is 0.167. The molecule has 1 aromatic heterocycles. The Kier molecular flexibility index (Phi) is 5.03. The fourth-order valence-corrected chi connectivity index (χ4v) is 2.19. The molecule has 0 saturated carbocycles. The van der Waals surface area contributed by atoms with Crippen LogP contribution in [0.4, 0.5) is 4.39 Å². The van der Waals surface area contributed by atoms with Crippen LogP contribution in [0, 0.1) is 5.82 Å². The normalized spacial score (nSPS) is 10.5. The number of carbonyl (C=O) groups excluding carboxylic acids is 1. The molecule has 0 aliphatic rings. The molecule has 3 aromatic rings. The van der Waals surface area contributed by atoms with Crippen LogP contribution in [0.5, 0.6) is 11.5 Å². The number of hydrogen-bond donors (Lipinski definition) is 0. The van der Waals surface area contributed by atoms with E-state index < -0.39 is 5.82 Å².